The summed E-state index contributed by atoms with van der Waals surface area (Å²) >= 11 is 0. The van der Waals surface area contributed by atoms with Crippen molar-refractivity contribution in [2.75, 3.05) is 38.7 Å². The summed E-state index contributed by atoms with van der Waals surface area (Å²) < 4.78 is 11.0. The van der Waals surface area contributed by atoms with Crippen LogP contribution in [-0.2, 0) is 9.59 Å². The van der Waals surface area contributed by atoms with Gasteiger partial charge < -0.3 is 19.9 Å². The summed E-state index contributed by atoms with van der Waals surface area (Å²) in [5.41, 5.74) is 0.466. The molecule has 1 heterocycles. The molecule has 0 saturated carbocycles. The molecule has 9 nitrogen and oxygen atoms in total. The smallest absolute Gasteiger partial charge is 0.325 e. The highest BCUT2D eigenvalue weighted by molar-refractivity contribution is 6.01. The molecule has 1 aliphatic rings. The summed E-state index contributed by atoms with van der Waals surface area (Å²) in [4.78, 5) is 35.7. The molecule has 3 N–H and O–H groups in total. The zero-order valence-corrected chi connectivity index (χ0v) is 13.9. The van der Waals surface area contributed by atoms with Gasteiger partial charge in [-0.05, 0) is 19.2 Å². The van der Waals surface area contributed by atoms with E-state index in [0.717, 1.165) is 6.42 Å². The van der Waals surface area contributed by atoms with E-state index in [1.165, 1.54) is 4.90 Å². The van der Waals surface area contributed by atoms with Crippen molar-refractivity contribution < 1.29 is 29.0 Å². The summed E-state index contributed by atoms with van der Waals surface area (Å²) in [6, 6.07) is 4.30. The van der Waals surface area contributed by atoms with Gasteiger partial charge in [0.05, 0.1) is 26.2 Å². The van der Waals surface area contributed by atoms with Crippen LogP contribution in [-0.4, -0.2) is 61.3 Å². The van der Waals surface area contributed by atoms with Crippen LogP contribution in [0.5, 0.6) is 11.5 Å². The zero-order chi connectivity index (χ0) is 18.2. The molecule has 0 aliphatic carbocycles. The van der Waals surface area contributed by atoms with Gasteiger partial charge in [0.15, 0.2) is 11.5 Å². The molecule has 2 rings (SSSR count). The molecule has 3 amide bonds. The second-order valence-corrected chi connectivity index (χ2v) is 5.60. The van der Waals surface area contributed by atoms with E-state index in [9.17, 15) is 14.4 Å². The lowest BCUT2D eigenvalue weighted by Crippen LogP contribution is -2.41. The lowest BCUT2D eigenvalue weighted by Gasteiger charge is -2.15. The van der Waals surface area contributed by atoms with Crippen LogP contribution in [0.15, 0.2) is 18.2 Å². The summed E-state index contributed by atoms with van der Waals surface area (Å²) in [6.45, 7) is 1.24. The molecule has 25 heavy (non-hydrogen) atoms. The highest BCUT2D eigenvalue weighted by atomic mass is 16.5. The number of anilines is 1. The first-order chi connectivity index (χ1) is 11.9. The number of fused-ring (bicyclic) bond motifs is 1. The average molecular weight is 351 g/mol. The molecule has 9 heteroatoms. The van der Waals surface area contributed by atoms with Crippen LogP contribution < -0.4 is 20.1 Å². The Hall–Kier alpha value is -2.81. The lowest BCUT2D eigenvalue weighted by atomic mass is 10.3. The largest absolute Gasteiger partial charge is 0.490 e. The molecule has 0 bridgehead atoms. The molecule has 0 radical (unpaired) electrons. The van der Waals surface area contributed by atoms with Gasteiger partial charge in [0.2, 0.25) is 5.91 Å². The number of ether oxygens (including phenoxy) is 2. The fraction of sp³-hybridized carbons (Fsp3) is 0.438. The van der Waals surface area contributed by atoms with Gasteiger partial charge in [-0.3, -0.25) is 19.8 Å². The number of carboxylic acids is 1. The van der Waals surface area contributed by atoms with Crippen molar-refractivity contribution in [3.8, 4) is 11.5 Å². The number of nitrogens with one attached hydrogen (secondary N) is 2. The number of amides is 3. The Kier molecular flexibility index (Phi) is 6.58. The van der Waals surface area contributed by atoms with Crippen molar-refractivity contribution in [3.05, 3.63) is 18.2 Å². The van der Waals surface area contributed by atoms with Crippen molar-refractivity contribution in [1.29, 1.82) is 0 Å². The summed E-state index contributed by atoms with van der Waals surface area (Å²) in [5.74, 6) is -0.325. The van der Waals surface area contributed by atoms with Crippen LogP contribution in [0, 0.1) is 0 Å². The van der Waals surface area contributed by atoms with Crippen LogP contribution >= 0.6 is 0 Å². The first kappa shape index (κ1) is 18.5. The minimum atomic E-state index is -0.945. The van der Waals surface area contributed by atoms with Gasteiger partial charge in [0.25, 0.3) is 0 Å². The number of carboxylic acid groups (broad SMARTS) is 1. The van der Waals surface area contributed by atoms with E-state index < -0.39 is 17.9 Å². The van der Waals surface area contributed by atoms with Crippen molar-refractivity contribution >= 4 is 23.6 Å². The van der Waals surface area contributed by atoms with Gasteiger partial charge in [0, 0.05) is 24.7 Å². The normalized spacial score (nSPS) is 13.0. The SMILES string of the molecule is CN(CCC(=O)O)CC(=O)NC(=O)Nc1ccc2c(c1)OCCCO2. The van der Waals surface area contributed by atoms with Crippen molar-refractivity contribution in [2.45, 2.75) is 12.8 Å². The van der Waals surface area contributed by atoms with Gasteiger partial charge >= 0.3 is 12.0 Å². The van der Waals surface area contributed by atoms with E-state index in [2.05, 4.69) is 10.6 Å². The Morgan fingerprint density at radius 1 is 1.20 bits per heavy atom. The number of urea groups is 1. The first-order valence-electron chi connectivity index (χ1n) is 7.85. The number of hydrogen-bond donors (Lipinski definition) is 3. The fourth-order valence-electron chi connectivity index (χ4n) is 2.18. The summed E-state index contributed by atoms with van der Waals surface area (Å²) in [7, 11) is 1.60. The molecule has 0 unspecified atom stereocenters. The molecular formula is C16H21N3O6. The molecule has 1 aromatic carbocycles. The number of carbonyl (C=O) groups excluding carboxylic acids is 2. The van der Waals surface area contributed by atoms with Gasteiger partial charge in [-0.2, -0.15) is 0 Å². The molecule has 0 aromatic heterocycles. The number of nitrogens with zero attached hydrogens (tertiary/aromatic N) is 1. The Morgan fingerprint density at radius 2 is 1.92 bits per heavy atom. The Bertz CT molecular complexity index is 649. The molecule has 0 atom stereocenters. The van der Waals surface area contributed by atoms with Crippen LogP contribution in [0.3, 0.4) is 0 Å². The van der Waals surface area contributed by atoms with E-state index in [4.69, 9.17) is 14.6 Å². The third kappa shape index (κ3) is 6.30. The van der Waals surface area contributed by atoms with Crippen LogP contribution in [0.25, 0.3) is 0 Å². The third-order valence-electron chi connectivity index (χ3n) is 3.38. The maximum Gasteiger partial charge on any atom is 0.325 e. The number of hydrogen-bond acceptors (Lipinski definition) is 6. The molecule has 0 saturated heterocycles. The van der Waals surface area contributed by atoms with Crippen LogP contribution in [0.1, 0.15) is 12.8 Å². The predicted octanol–water partition coefficient (Wildman–Crippen LogP) is 0.902. The molecule has 0 spiro atoms. The number of rotatable bonds is 6. The third-order valence-corrected chi connectivity index (χ3v) is 3.38. The maximum atomic E-state index is 11.9. The number of carbonyl (C=O) groups is 3. The predicted molar refractivity (Wildman–Crippen MR) is 89.0 cm³/mol. The van der Waals surface area contributed by atoms with E-state index in [0.29, 0.717) is 30.4 Å². The molecule has 1 aliphatic heterocycles. The Labute approximate surface area is 144 Å². The minimum Gasteiger partial charge on any atom is -0.490 e. The average Bonchev–Trinajstić information content (AvgIpc) is 2.77. The topological polar surface area (TPSA) is 117 Å². The molecule has 136 valence electrons. The Morgan fingerprint density at radius 3 is 2.64 bits per heavy atom. The first-order valence-corrected chi connectivity index (χ1v) is 7.85. The second-order valence-electron chi connectivity index (χ2n) is 5.60. The summed E-state index contributed by atoms with van der Waals surface area (Å²) in [6.07, 6.45) is 0.703. The van der Waals surface area contributed by atoms with Gasteiger partial charge in [-0.1, -0.05) is 0 Å². The van der Waals surface area contributed by atoms with Crippen LogP contribution in [0.4, 0.5) is 10.5 Å². The van der Waals surface area contributed by atoms with E-state index >= 15 is 0 Å². The highest BCUT2D eigenvalue weighted by Gasteiger charge is 2.14. The molecule has 1 aromatic rings. The monoisotopic (exact) mass is 351 g/mol. The van der Waals surface area contributed by atoms with Gasteiger partial charge in [-0.25, -0.2) is 4.79 Å². The highest BCUT2D eigenvalue weighted by Crippen LogP contribution is 2.32. The minimum absolute atomic E-state index is 0.0762. The van der Waals surface area contributed by atoms with Gasteiger partial charge in [-0.15, -0.1) is 0 Å². The van der Waals surface area contributed by atoms with Crippen LogP contribution in [0.2, 0.25) is 0 Å². The van der Waals surface area contributed by atoms with Crippen molar-refractivity contribution in [1.82, 2.24) is 10.2 Å². The fourth-order valence-corrected chi connectivity index (χ4v) is 2.18. The van der Waals surface area contributed by atoms with E-state index in [1.807, 2.05) is 0 Å². The van der Waals surface area contributed by atoms with Crippen molar-refractivity contribution in [2.24, 2.45) is 0 Å². The number of likely N-dealkylation sites (N-methyl/N-ethyl adjacent to an activating group) is 1. The van der Waals surface area contributed by atoms with E-state index in [1.54, 1.807) is 25.2 Å². The summed E-state index contributed by atoms with van der Waals surface area (Å²) in [5, 5.41) is 13.3. The molecule has 0 fully saturated rings. The lowest BCUT2D eigenvalue weighted by molar-refractivity contribution is -0.137. The zero-order valence-electron chi connectivity index (χ0n) is 13.9. The van der Waals surface area contributed by atoms with Gasteiger partial charge in [0.1, 0.15) is 0 Å². The number of aliphatic carboxylic acids is 1. The molecular weight excluding hydrogens is 330 g/mol. The quantitative estimate of drug-likeness (QED) is 0.697. The van der Waals surface area contributed by atoms with E-state index in [-0.39, 0.29) is 19.5 Å². The number of benzene rings is 1. The second kappa shape index (κ2) is 8.88. The maximum absolute atomic E-state index is 11.9. The Balaban J connectivity index is 1.82. The standard InChI is InChI=1S/C16H21N3O6/c1-19(6-5-15(21)22)10-14(20)18-16(23)17-11-3-4-12-13(9-11)25-8-2-7-24-12/h3-4,9H,2,5-8,10H2,1H3,(H,21,22)(H2,17,18,20,23). The van der Waals surface area contributed by atoms with Crippen molar-refractivity contribution in [3.63, 3.8) is 0 Å². The number of imide groups is 1.